The number of carbonyl (C=O) groups is 1. The van der Waals surface area contributed by atoms with Crippen LogP contribution in [0.1, 0.15) is 28.5 Å². The van der Waals surface area contributed by atoms with Gasteiger partial charge in [0.05, 0.1) is 0 Å². The number of thioether (sulfide) groups is 1. The number of hydrogen-bond acceptors (Lipinski definition) is 5. The summed E-state index contributed by atoms with van der Waals surface area (Å²) in [7, 11) is 0. The third-order valence-corrected chi connectivity index (χ3v) is 4.26. The molecule has 104 valence electrons. The van der Waals surface area contributed by atoms with Crippen LogP contribution in [0.25, 0.3) is 0 Å². The number of nitrogens with zero attached hydrogens (tertiary/aromatic N) is 3. The monoisotopic (exact) mass is 289 g/mol. The SMILES string of the molecule is CSc1cccc(C(=O)N2CCC(c3ncon3)C2)c1. The molecular weight excluding hydrogens is 274 g/mol. The molecule has 5 nitrogen and oxygen atoms in total. The normalized spacial score (nSPS) is 18.4. The van der Waals surface area contributed by atoms with Gasteiger partial charge in [-0.25, -0.2) is 0 Å². The van der Waals surface area contributed by atoms with Crippen LogP contribution in [0, 0.1) is 0 Å². The van der Waals surface area contributed by atoms with Gasteiger partial charge in [0.25, 0.3) is 5.91 Å². The molecule has 2 aromatic rings. The molecule has 1 fully saturated rings. The number of aromatic nitrogens is 2. The van der Waals surface area contributed by atoms with Gasteiger partial charge in [0.1, 0.15) is 0 Å². The summed E-state index contributed by atoms with van der Waals surface area (Å²) in [5, 5.41) is 3.86. The molecule has 1 unspecified atom stereocenters. The first kappa shape index (κ1) is 13.2. The van der Waals surface area contributed by atoms with Crippen molar-refractivity contribution in [1.29, 1.82) is 0 Å². The smallest absolute Gasteiger partial charge is 0.253 e. The van der Waals surface area contributed by atoms with Crippen LogP contribution >= 0.6 is 11.8 Å². The van der Waals surface area contributed by atoms with E-state index < -0.39 is 0 Å². The Bertz CT molecular complexity index is 600. The van der Waals surface area contributed by atoms with E-state index in [1.165, 1.54) is 6.39 Å². The van der Waals surface area contributed by atoms with E-state index in [0.717, 1.165) is 23.4 Å². The van der Waals surface area contributed by atoms with Crippen LogP contribution in [0.3, 0.4) is 0 Å². The van der Waals surface area contributed by atoms with Gasteiger partial charge in [-0.1, -0.05) is 11.2 Å². The average molecular weight is 289 g/mol. The van der Waals surface area contributed by atoms with E-state index in [4.69, 9.17) is 4.52 Å². The largest absolute Gasteiger partial charge is 0.343 e. The lowest BCUT2D eigenvalue weighted by Crippen LogP contribution is -2.28. The highest BCUT2D eigenvalue weighted by Crippen LogP contribution is 2.26. The zero-order valence-electron chi connectivity index (χ0n) is 11.2. The molecule has 6 heteroatoms. The van der Waals surface area contributed by atoms with Crippen LogP contribution in [0.4, 0.5) is 0 Å². The van der Waals surface area contributed by atoms with E-state index in [2.05, 4.69) is 10.1 Å². The summed E-state index contributed by atoms with van der Waals surface area (Å²) in [6.07, 6.45) is 4.22. The third-order valence-electron chi connectivity index (χ3n) is 3.54. The Labute approximate surface area is 121 Å². The Morgan fingerprint density at radius 1 is 1.50 bits per heavy atom. The first-order valence-corrected chi connectivity index (χ1v) is 7.70. The molecule has 2 heterocycles. The molecule has 0 saturated carbocycles. The highest BCUT2D eigenvalue weighted by Gasteiger charge is 2.30. The summed E-state index contributed by atoms with van der Waals surface area (Å²) in [5.41, 5.74) is 0.741. The van der Waals surface area contributed by atoms with Crippen LogP contribution in [-0.2, 0) is 0 Å². The standard InChI is InChI=1S/C14H15N3O2S/c1-20-12-4-2-3-10(7-12)14(18)17-6-5-11(8-17)13-15-9-19-16-13/h2-4,7,9,11H,5-6,8H2,1H3. The molecule has 0 radical (unpaired) electrons. The fraction of sp³-hybridized carbons (Fsp3) is 0.357. The summed E-state index contributed by atoms with van der Waals surface area (Å²) in [4.78, 5) is 19.5. The van der Waals surface area contributed by atoms with Crippen molar-refractivity contribution in [2.75, 3.05) is 19.3 Å². The number of benzene rings is 1. The predicted octanol–water partition coefficient (Wildman–Crippen LogP) is 2.42. The van der Waals surface area contributed by atoms with E-state index in [9.17, 15) is 4.79 Å². The molecule has 1 aromatic heterocycles. The van der Waals surface area contributed by atoms with Gasteiger partial charge in [-0.2, -0.15) is 4.98 Å². The second-order valence-electron chi connectivity index (χ2n) is 4.76. The van der Waals surface area contributed by atoms with E-state index in [1.807, 2.05) is 35.4 Å². The second kappa shape index (κ2) is 5.66. The lowest BCUT2D eigenvalue weighted by molar-refractivity contribution is 0.0790. The third kappa shape index (κ3) is 2.56. The molecule has 20 heavy (non-hydrogen) atoms. The van der Waals surface area contributed by atoms with Crippen LogP contribution in [0.5, 0.6) is 0 Å². The van der Waals surface area contributed by atoms with Gasteiger partial charge in [0.2, 0.25) is 6.39 Å². The van der Waals surface area contributed by atoms with Crippen molar-refractivity contribution in [3.05, 3.63) is 42.0 Å². The lowest BCUT2D eigenvalue weighted by atomic mass is 10.1. The molecule has 0 N–H and O–H groups in total. The average Bonchev–Trinajstić information content (AvgIpc) is 3.17. The summed E-state index contributed by atoms with van der Waals surface area (Å²) in [6.45, 7) is 1.39. The first-order chi connectivity index (χ1) is 9.78. The number of rotatable bonds is 3. The topological polar surface area (TPSA) is 59.2 Å². The Morgan fingerprint density at radius 3 is 3.15 bits per heavy atom. The van der Waals surface area contributed by atoms with Crippen LogP contribution in [0.15, 0.2) is 40.1 Å². The Balaban J connectivity index is 1.72. The van der Waals surface area contributed by atoms with Gasteiger partial charge >= 0.3 is 0 Å². The minimum atomic E-state index is 0.0758. The van der Waals surface area contributed by atoms with Gasteiger partial charge in [-0.05, 0) is 30.9 Å². The lowest BCUT2D eigenvalue weighted by Gasteiger charge is -2.16. The first-order valence-electron chi connectivity index (χ1n) is 6.47. The maximum Gasteiger partial charge on any atom is 0.253 e. The van der Waals surface area contributed by atoms with Crippen molar-refractivity contribution in [2.45, 2.75) is 17.2 Å². The second-order valence-corrected chi connectivity index (χ2v) is 5.64. The molecule has 3 rings (SSSR count). The quantitative estimate of drug-likeness (QED) is 0.812. The summed E-state index contributed by atoms with van der Waals surface area (Å²) < 4.78 is 4.77. The molecule has 1 saturated heterocycles. The van der Waals surface area contributed by atoms with Crippen LogP contribution in [0.2, 0.25) is 0 Å². The van der Waals surface area contributed by atoms with Gasteiger partial charge < -0.3 is 9.42 Å². The van der Waals surface area contributed by atoms with Crippen molar-refractivity contribution >= 4 is 17.7 Å². The minimum Gasteiger partial charge on any atom is -0.343 e. The maximum atomic E-state index is 12.5. The summed E-state index contributed by atoms with van der Waals surface area (Å²) in [5.74, 6) is 0.950. The predicted molar refractivity (Wildman–Crippen MR) is 75.8 cm³/mol. The highest BCUT2D eigenvalue weighted by atomic mass is 32.2. The van der Waals surface area contributed by atoms with Crippen molar-refractivity contribution in [2.24, 2.45) is 0 Å². The minimum absolute atomic E-state index is 0.0758. The molecule has 1 aliphatic heterocycles. The maximum absolute atomic E-state index is 12.5. The summed E-state index contributed by atoms with van der Waals surface area (Å²) in [6, 6.07) is 7.73. The van der Waals surface area contributed by atoms with E-state index in [0.29, 0.717) is 12.4 Å². The number of likely N-dealkylation sites (tertiary alicyclic amines) is 1. The molecule has 1 aromatic carbocycles. The molecule has 0 bridgehead atoms. The van der Waals surface area contributed by atoms with Crippen molar-refractivity contribution < 1.29 is 9.32 Å². The van der Waals surface area contributed by atoms with E-state index in [1.54, 1.807) is 11.8 Å². The van der Waals surface area contributed by atoms with E-state index in [-0.39, 0.29) is 11.8 Å². The van der Waals surface area contributed by atoms with E-state index >= 15 is 0 Å². The van der Waals surface area contributed by atoms with Gasteiger partial charge in [-0.15, -0.1) is 11.8 Å². The van der Waals surface area contributed by atoms with Gasteiger partial charge in [0, 0.05) is 29.5 Å². The molecule has 0 aliphatic carbocycles. The molecule has 1 amide bonds. The van der Waals surface area contributed by atoms with Crippen LogP contribution < -0.4 is 0 Å². The Hall–Kier alpha value is -1.82. The zero-order chi connectivity index (χ0) is 13.9. The summed E-state index contributed by atoms with van der Waals surface area (Å²) >= 11 is 1.64. The van der Waals surface area contributed by atoms with Crippen LogP contribution in [-0.4, -0.2) is 40.3 Å². The molecule has 1 aliphatic rings. The number of carbonyl (C=O) groups excluding carboxylic acids is 1. The Morgan fingerprint density at radius 2 is 2.40 bits per heavy atom. The van der Waals surface area contributed by atoms with Crippen molar-refractivity contribution in [3.8, 4) is 0 Å². The fourth-order valence-electron chi connectivity index (χ4n) is 2.45. The fourth-order valence-corrected chi connectivity index (χ4v) is 2.91. The molecular formula is C14H15N3O2S. The Kier molecular flexibility index (Phi) is 3.73. The van der Waals surface area contributed by atoms with Gasteiger partial charge in [0.15, 0.2) is 5.82 Å². The van der Waals surface area contributed by atoms with Crippen molar-refractivity contribution in [3.63, 3.8) is 0 Å². The number of hydrogen-bond donors (Lipinski definition) is 0. The zero-order valence-corrected chi connectivity index (χ0v) is 12.0. The molecule has 0 spiro atoms. The number of amides is 1. The van der Waals surface area contributed by atoms with Crippen molar-refractivity contribution in [1.82, 2.24) is 15.0 Å². The highest BCUT2D eigenvalue weighted by molar-refractivity contribution is 7.98. The molecule has 1 atom stereocenters. The van der Waals surface area contributed by atoms with Gasteiger partial charge in [-0.3, -0.25) is 4.79 Å².